The van der Waals surface area contributed by atoms with Crippen LogP contribution in [-0.4, -0.2) is 35.6 Å². The summed E-state index contributed by atoms with van der Waals surface area (Å²) >= 11 is 3.41. The SMILES string of the molecule is CCOc1ccc(N2C(=O)NC(=O)/C(=C\c3cccn3-c3ccc(Br)cc3)C2=O)c(OCC)c1. The van der Waals surface area contributed by atoms with Crippen LogP contribution >= 0.6 is 15.9 Å². The second kappa shape index (κ2) is 9.96. The van der Waals surface area contributed by atoms with E-state index in [1.54, 1.807) is 31.2 Å². The quantitative estimate of drug-likeness (QED) is 0.358. The van der Waals surface area contributed by atoms with Crippen LogP contribution in [0.5, 0.6) is 11.5 Å². The lowest BCUT2D eigenvalue weighted by Crippen LogP contribution is -2.54. The summed E-state index contributed by atoms with van der Waals surface area (Å²) in [7, 11) is 0. The molecule has 1 aliphatic heterocycles. The minimum absolute atomic E-state index is 0.173. The number of imide groups is 2. The molecule has 1 saturated heterocycles. The molecular formula is C25H22BrN3O5. The van der Waals surface area contributed by atoms with E-state index in [4.69, 9.17) is 9.47 Å². The fourth-order valence-electron chi connectivity index (χ4n) is 3.58. The molecule has 2 aromatic carbocycles. The number of nitrogens with zero attached hydrogens (tertiary/aromatic N) is 2. The van der Waals surface area contributed by atoms with Crippen LogP contribution < -0.4 is 19.7 Å². The maximum Gasteiger partial charge on any atom is 0.336 e. The van der Waals surface area contributed by atoms with Crippen LogP contribution in [0.2, 0.25) is 0 Å². The van der Waals surface area contributed by atoms with E-state index in [1.807, 2.05) is 48.0 Å². The number of benzene rings is 2. The van der Waals surface area contributed by atoms with Gasteiger partial charge in [-0.2, -0.15) is 0 Å². The molecule has 1 aliphatic rings. The molecule has 0 spiro atoms. The molecule has 4 rings (SSSR count). The number of ether oxygens (including phenoxy) is 2. The molecule has 4 amide bonds. The summed E-state index contributed by atoms with van der Waals surface area (Å²) in [5.41, 5.74) is 1.50. The lowest BCUT2D eigenvalue weighted by molar-refractivity contribution is -0.122. The highest BCUT2D eigenvalue weighted by Crippen LogP contribution is 2.35. The monoisotopic (exact) mass is 523 g/mol. The fourth-order valence-corrected chi connectivity index (χ4v) is 3.84. The minimum Gasteiger partial charge on any atom is -0.494 e. The van der Waals surface area contributed by atoms with E-state index in [0.717, 1.165) is 15.1 Å². The predicted octanol–water partition coefficient (Wildman–Crippen LogP) is 4.70. The Hall–Kier alpha value is -3.85. The van der Waals surface area contributed by atoms with Crippen molar-refractivity contribution in [2.45, 2.75) is 13.8 Å². The van der Waals surface area contributed by atoms with Gasteiger partial charge in [0, 0.05) is 28.1 Å². The lowest BCUT2D eigenvalue weighted by Gasteiger charge is -2.28. The highest BCUT2D eigenvalue weighted by atomic mass is 79.9. The number of halogens is 1. The molecule has 9 heteroatoms. The van der Waals surface area contributed by atoms with Gasteiger partial charge in [0.25, 0.3) is 11.8 Å². The number of hydrogen-bond donors (Lipinski definition) is 1. The van der Waals surface area contributed by atoms with Gasteiger partial charge in [0.15, 0.2) is 0 Å². The maximum absolute atomic E-state index is 13.4. The second-order valence-corrected chi connectivity index (χ2v) is 8.15. The average Bonchev–Trinajstić information content (AvgIpc) is 3.27. The van der Waals surface area contributed by atoms with E-state index >= 15 is 0 Å². The number of rotatable bonds is 7. The predicted molar refractivity (Wildman–Crippen MR) is 131 cm³/mol. The van der Waals surface area contributed by atoms with Crippen LogP contribution in [0.4, 0.5) is 10.5 Å². The lowest BCUT2D eigenvalue weighted by atomic mass is 10.1. The Morgan fingerprint density at radius 2 is 1.71 bits per heavy atom. The molecule has 0 radical (unpaired) electrons. The van der Waals surface area contributed by atoms with Crippen molar-refractivity contribution in [1.29, 1.82) is 0 Å². The molecule has 0 unspecified atom stereocenters. The van der Waals surface area contributed by atoms with Crippen molar-refractivity contribution < 1.29 is 23.9 Å². The van der Waals surface area contributed by atoms with Crippen LogP contribution in [0.1, 0.15) is 19.5 Å². The molecule has 3 aromatic rings. The van der Waals surface area contributed by atoms with E-state index < -0.39 is 17.8 Å². The summed E-state index contributed by atoms with van der Waals surface area (Å²) in [5, 5.41) is 2.25. The van der Waals surface area contributed by atoms with Gasteiger partial charge < -0.3 is 14.0 Å². The number of barbiturate groups is 1. The average molecular weight is 524 g/mol. The summed E-state index contributed by atoms with van der Waals surface area (Å²) in [4.78, 5) is 39.7. The summed E-state index contributed by atoms with van der Waals surface area (Å²) in [5.74, 6) is -0.677. The summed E-state index contributed by atoms with van der Waals surface area (Å²) in [6, 6.07) is 15.1. The normalized spacial score (nSPS) is 15.0. The molecule has 0 aliphatic carbocycles. The van der Waals surface area contributed by atoms with Gasteiger partial charge in [-0.05, 0) is 68.5 Å². The first-order chi connectivity index (χ1) is 16.4. The number of carbonyl (C=O) groups excluding carboxylic acids is 3. The van der Waals surface area contributed by atoms with Crippen molar-refractivity contribution in [3.63, 3.8) is 0 Å². The molecule has 1 N–H and O–H groups in total. The van der Waals surface area contributed by atoms with Crippen molar-refractivity contribution in [3.8, 4) is 17.2 Å². The van der Waals surface area contributed by atoms with Gasteiger partial charge in [-0.25, -0.2) is 9.69 Å². The van der Waals surface area contributed by atoms with Gasteiger partial charge in [0.2, 0.25) is 0 Å². The fraction of sp³-hybridized carbons (Fsp3) is 0.160. The summed E-state index contributed by atoms with van der Waals surface area (Å²) in [6.45, 7) is 4.41. The minimum atomic E-state index is -0.847. The molecule has 0 atom stereocenters. The molecule has 1 aromatic heterocycles. The number of carbonyl (C=O) groups is 3. The van der Waals surface area contributed by atoms with Gasteiger partial charge in [0.05, 0.1) is 18.9 Å². The van der Waals surface area contributed by atoms with Crippen LogP contribution in [0.25, 0.3) is 11.8 Å². The van der Waals surface area contributed by atoms with Crippen molar-refractivity contribution >= 4 is 45.5 Å². The molecule has 2 heterocycles. The van der Waals surface area contributed by atoms with Gasteiger partial charge >= 0.3 is 6.03 Å². The Bertz CT molecular complexity index is 1280. The van der Waals surface area contributed by atoms with Crippen molar-refractivity contribution in [1.82, 2.24) is 9.88 Å². The van der Waals surface area contributed by atoms with Crippen LogP contribution in [0.15, 0.2) is 70.8 Å². The smallest absolute Gasteiger partial charge is 0.336 e. The van der Waals surface area contributed by atoms with Gasteiger partial charge in [-0.1, -0.05) is 15.9 Å². The molecule has 174 valence electrons. The van der Waals surface area contributed by atoms with E-state index in [-0.39, 0.29) is 11.3 Å². The third-order valence-corrected chi connectivity index (χ3v) is 5.59. The first kappa shape index (κ1) is 23.3. The van der Waals surface area contributed by atoms with Gasteiger partial charge in [-0.3, -0.25) is 14.9 Å². The molecular weight excluding hydrogens is 502 g/mol. The topological polar surface area (TPSA) is 89.9 Å². The number of hydrogen-bond acceptors (Lipinski definition) is 5. The molecule has 34 heavy (non-hydrogen) atoms. The Kier molecular flexibility index (Phi) is 6.83. The third-order valence-electron chi connectivity index (χ3n) is 5.06. The van der Waals surface area contributed by atoms with E-state index in [1.165, 1.54) is 6.08 Å². The zero-order valence-corrected chi connectivity index (χ0v) is 20.2. The standard InChI is InChI=1S/C25H22BrN3O5/c1-3-33-19-11-12-21(22(15-19)34-4-2)29-24(31)20(23(30)27-25(29)32)14-18-6-5-13-28(18)17-9-7-16(26)8-10-17/h5-15H,3-4H2,1-2H3,(H,27,30,32)/b20-14+. The zero-order chi connectivity index (χ0) is 24.2. The first-order valence-corrected chi connectivity index (χ1v) is 11.5. The maximum atomic E-state index is 13.4. The van der Waals surface area contributed by atoms with Crippen molar-refractivity contribution in [2.24, 2.45) is 0 Å². The number of urea groups is 1. The highest BCUT2D eigenvalue weighted by Gasteiger charge is 2.38. The van der Waals surface area contributed by atoms with Crippen LogP contribution in [0, 0.1) is 0 Å². The molecule has 8 nitrogen and oxygen atoms in total. The van der Waals surface area contributed by atoms with E-state index in [9.17, 15) is 14.4 Å². The highest BCUT2D eigenvalue weighted by molar-refractivity contribution is 9.10. The largest absolute Gasteiger partial charge is 0.494 e. The van der Waals surface area contributed by atoms with Gasteiger partial charge in [-0.15, -0.1) is 0 Å². The number of nitrogens with one attached hydrogen (secondary N) is 1. The zero-order valence-electron chi connectivity index (χ0n) is 18.6. The van der Waals surface area contributed by atoms with E-state index in [0.29, 0.717) is 30.4 Å². The Balaban J connectivity index is 1.74. The summed E-state index contributed by atoms with van der Waals surface area (Å²) in [6.07, 6.45) is 3.29. The van der Waals surface area contributed by atoms with E-state index in [2.05, 4.69) is 21.2 Å². The van der Waals surface area contributed by atoms with Gasteiger partial charge in [0.1, 0.15) is 17.1 Å². The molecule has 0 bridgehead atoms. The van der Waals surface area contributed by atoms with Crippen molar-refractivity contribution in [3.05, 3.63) is 76.5 Å². The molecule has 1 fully saturated rings. The van der Waals surface area contributed by atoms with Crippen LogP contribution in [0.3, 0.4) is 0 Å². The first-order valence-electron chi connectivity index (χ1n) is 10.7. The number of amides is 4. The second-order valence-electron chi connectivity index (χ2n) is 7.23. The summed E-state index contributed by atoms with van der Waals surface area (Å²) < 4.78 is 13.9. The number of aromatic nitrogens is 1. The van der Waals surface area contributed by atoms with Crippen molar-refractivity contribution in [2.75, 3.05) is 18.1 Å². The Morgan fingerprint density at radius 1 is 0.971 bits per heavy atom. The third kappa shape index (κ3) is 4.60. The van der Waals surface area contributed by atoms with Crippen LogP contribution in [-0.2, 0) is 9.59 Å². The number of anilines is 1. The Labute approximate surface area is 204 Å². The molecule has 0 saturated carbocycles. The Morgan fingerprint density at radius 3 is 2.41 bits per heavy atom.